The molecule has 8 heteroatoms. The molecule has 0 unspecified atom stereocenters. The van der Waals surface area contributed by atoms with E-state index in [-0.39, 0.29) is 22.1 Å². The number of carbonyl (C=O) groups is 2. The van der Waals surface area contributed by atoms with Gasteiger partial charge in [0.25, 0.3) is 15.9 Å². The highest BCUT2D eigenvalue weighted by atomic mass is 32.2. The van der Waals surface area contributed by atoms with Crippen molar-refractivity contribution in [2.24, 2.45) is 5.92 Å². The molecule has 2 aromatic rings. The van der Waals surface area contributed by atoms with E-state index in [0.29, 0.717) is 36.7 Å². The van der Waals surface area contributed by atoms with Crippen molar-refractivity contribution in [3.05, 3.63) is 59.7 Å². The highest BCUT2D eigenvalue weighted by Crippen LogP contribution is 2.25. The molecule has 0 spiro atoms. The van der Waals surface area contributed by atoms with Gasteiger partial charge in [0.1, 0.15) is 6.04 Å². The number of sulfonamides is 1. The molecule has 7 nitrogen and oxygen atoms in total. The van der Waals surface area contributed by atoms with Gasteiger partial charge in [0.2, 0.25) is 5.91 Å². The minimum absolute atomic E-state index is 0.0798. The number of nitrogens with zero attached hydrogens (tertiary/aromatic N) is 1. The summed E-state index contributed by atoms with van der Waals surface area (Å²) in [4.78, 5) is 27.5. The zero-order valence-electron chi connectivity index (χ0n) is 20.6. The molecule has 1 saturated heterocycles. The van der Waals surface area contributed by atoms with Crippen molar-refractivity contribution in [2.45, 2.75) is 63.8 Å². The van der Waals surface area contributed by atoms with Crippen LogP contribution in [0.2, 0.25) is 0 Å². The highest BCUT2D eigenvalue weighted by Gasteiger charge is 2.34. The Kier molecular flexibility index (Phi) is 7.70. The Morgan fingerprint density at radius 2 is 1.76 bits per heavy atom. The van der Waals surface area contributed by atoms with E-state index in [1.54, 1.807) is 35.2 Å². The normalized spacial score (nSPS) is 16.5. The lowest BCUT2D eigenvalue weighted by Gasteiger charge is -2.24. The quantitative estimate of drug-likeness (QED) is 0.616. The van der Waals surface area contributed by atoms with Crippen LogP contribution in [-0.2, 0) is 20.2 Å². The van der Waals surface area contributed by atoms with Crippen molar-refractivity contribution in [2.75, 3.05) is 17.8 Å². The van der Waals surface area contributed by atoms with Crippen LogP contribution < -0.4 is 10.0 Å². The van der Waals surface area contributed by atoms with Crippen LogP contribution in [0.1, 0.15) is 63.4 Å². The van der Waals surface area contributed by atoms with Gasteiger partial charge in [0.05, 0.1) is 4.90 Å². The molecule has 0 saturated carbocycles. The Labute approximate surface area is 203 Å². The lowest BCUT2D eigenvalue weighted by molar-refractivity contribution is -0.125. The van der Waals surface area contributed by atoms with Gasteiger partial charge in [-0.2, -0.15) is 0 Å². The Bertz CT molecular complexity index is 1140. The Balaban J connectivity index is 1.75. The lowest BCUT2D eigenvalue weighted by Crippen LogP contribution is -2.46. The third kappa shape index (κ3) is 6.17. The molecular weight excluding hydrogens is 450 g/mol. The number of hydrogen-bond acceptors (Lipinski definition) is 4. The first-order valence-electron chi connectivity index (χ1n) is 11.7. The topological polar surface area (TPSA) is 95.6 Å². The predicted octanol–water partition coefficient (Wildman–Crippen LogP) is 4.16. The molecule has 0 radical (unpaired) electrons. The number of nitrogens with one attached hydrogen (secondary N) is 2. The van der Waals surface area contributed by atoms with Crippen molar-refractivity contribution < 1.29 is 18.0 Å². The van der Waals surface area contributed by atoms with Crippen LogP contribution in [0.3, 0.4) is 0 Å². The fraction of sp³-hybridized carbons (Fsp3) is 0.462. The summed E-state index contributed by atoms with van der Waals surface area (Å²) >= 11 is 0. The predicted molar refractivity (Wildman–Crippen MR) is 134 cm³/mol. The van der Waals surface area contributed by atoms with Gasteiger partial charge in [0.15, 0.2) is 0 Å². The molecular formula is C26H35N3O4S. The number of benzene rings is 2. The summed E-state index contributed by atoms with van der Waals surface area (Å²) in [5.74, 6) is -0.100. The van der Waals surface area contributed by atoms with E-state index < -0.39 is 16.1 Å². The molecule has 0 aromatic heterocycles. The lowest BCUT2D eigenvalue weighted by atomic mass is 9.87. The zero-order chi connectivity index (χ0) is 25.1. The molecule has 1 fully saturated rings. The second-order valence-corrected chi connectivity index (χ2v) is 11.9. The van der Waals surface area contributed by atoms with Crippen molar-refractivity contribution in [3.63, 3.8) is 0 Å². The Morgan fingerprint density at radius 3 is 2.38 bits per heavy atom. The molecule has 2 aromatic carbocycles. The summed E-state index contributed by atoms with van der Waals surface area (Å²) in [5.41, 5.74) is 1.60. The first-order valence-corrected chi connectivity index (χ1v) is 13.2. The fourth-order valence-electron chi connectivity index (χ4n) is 3.93. The summed E-state index contributed by atoms with van der Waals surface area (Å²) < 4.78 is 28.4. The monoisotopic (exact) mass is 485 g/mol. The Morgan fingerprint density at radius 1 is 1.09 bits per heavy atom. The van der Waals surface area contributed by atoms with Gasteiger partial charge in [-0.3, -0.25) is 14.3 Å². The van der Waals surface area contributed by atoms with Crippen LogP contribution in [0, 0.1) is 5.92 Å². The number of anilines is 1. The SMILES string of the molecule is CC(C)CNC(=O)[C@H]1CCCN1C(=O)c1cccc(NS(=O)(=O)c2ccc(C(C)(C)C)cc2)c1. The molecule has 0 aliphatic carbocycles. The summed E-state index contributed by atoms with van der Waals surface area (Å²) in [5, 5.41) is 2.91. The smallest absolute Gasteiger partial charge is 0.261 e. The highest BCUT2D eigenvalue weighted by molar-refractivity contribution is 7.92. The van der Waals surface area contributed by atoms with E-state index in [0.717, 1.165) is 12.0 Å². The first kappa shape index (κ1) is 25.7. The van der Waals surface area contributed by atoms with Crippen LogP contribution in [0.15, 0.2) is 53.4 Å². The molecule has 2 amide bonds. The van der Waals surface area contributed by atoms with Crippen LogP contribution in [0.25, 0.3) is 0 Å². The van der Waals surface area contributed by atoms with E-state index in [2.05, 4.69) is 30.8 Å². The number of rotatable bonds is 7. The average Bonchev–Trinajstić information content (AvgIpc) is 3.26. The van der Waals surface area contributed by atoms with Crippen LogP contribution in [0.5, 0.6) is 0 Å². The summed E-state index contributed by atoms with van der Waals surface area (Å²) in [6.07, 6.45) is 1.37. The van der Waals surface area contributed by atoms with E-state index in [1.165, 1.54) is 6.07 Å². The van der Waals surface area contributed by atoms with Crippen LogP contribution in [0.4, 0.5) is 5.69 Å². The van der Waals surface area contributed by atoms with Crippen molar-refractivity contribution >= 4 is 27.5 Å². The third-order valence-corrected chi connectivity index (χ3v) is 7.29. The molecule has 184 valence electrons. The fourth-order valence-corrected chi connectivity index (χ4v) is 4.98. The van der Waals surface area contributed by atoms with Gasteiger partial charge in [-0.05, 0) is 60.1 Å². The van der Waals surface area contributed by atoms with Crippen LogP contribution >= 0.6 is 0 Å². The van der Waals surface area contributed by atoms with Gasteiger partial charge < -0.3 is 10.2 Å². The molecule has 34 heavy (non-hydrogen) atoms. The van der Waals surface area contributed by atoms with Crippen LogP contribution in [-0.4, -0.2) is 44.3 Å². The first-order chi connectivity index (χ1) is 15.9. The summed E-state index contributed by atoms with van der Waals surface area (Å²) in [7, 11) is -3.82. The number of amides is 2. The van der Waals surface area contributed by atoms with Crippen molar-refractivity contribution in [3.8, 4) is 0 Å². The largest absolute Gasteiger partial charge is 0.354 e. The second-order valence-electron chi connectivity index (χ2n) is 10.3. The van der Waals surface area contributed by atoms with Gasteiger partial charge in [0, 0.05) is 24.3 Å². The number of carbonyl (C=O) groups excluding carboxylic acids is 2. The Hall–Kier alpha value is -2.87. The molecule has 2 N–H and O–H groups in total. The van der Waals surface area contributed by atoms with Crippen molar-refractivity contribution in [1.29, 1.82) is 0 Å². The minimum atomic E-state index is -3.82. The average molecular weight is 486 g/mol. The maximum absolute atomic E-state index is 13.2. The zero-order valence-corrected chi connectivity index (χ0v) is 21.4. The van der Waals surface area contributed by atoms with E-state index >= 15 is 0 Å². The summed E-state index contributed by atoms with van der Waals surface area (Å²) in [6, 6.07) is 12.7. The number of likely N-dealkylation sites (tertiary alicyclic amines) is 1. The van der Waals surface area contributed by atoms with E-state index in [9.17, 15) is 18.0 Å². The third-order valence-electron chi connectivity index (χ3n) is 5.89. The molecule has 1 atom stereocenters. The molecule has 0 bridgehead atoms. The second kappa shape index (κ2) is 10.2. The number of hydrogen-bond donors (Lipinski definition) is 2. The molecule has 1 aliphatic rings. The molecule has 1 aliphatic heterocycles. The van der Waals surface area contributed by atoms with Gasteiger partial charge in [-0.1, -0.05) is 52.8 Å². The maximum atomic E-state index is 13.2. The van der Waals surface area contributed by atoms with Gasteiger partial charge in [-0.15, -0.1) is 0 Å². The molecule has 1 heterocycles. The standard InChI is InChI=1S/C26H35N3O4S/c1-18(2)17-27-24(30)23-10-7-15-29(23)25(31)19-8-6-9-21(16-19)28-34(32,33)22-13-11-20(12-14-22)26(3,4)5/h6,8-9,11-14,16,18,23,28H,7,10,15,17H2,1-5H3,(H,27,30)/t23-/m1/s1. The minimum Gasteiger partial charge on any atom is -0.354 e. The summed E-state index contributed by atoms with van der Waals surface area (Å²) in [6.45, 7) is 11.3. The van der Waals surface area contributed by atoms with Gasteiger partial charge >= 0.3 is 0 Å². The van der Waals surface area contributed by atoms with Gasteiger partial charge in [-0.25, -0.2) is 8.42 Å². The maximum Gasteiger partial charge on any atom is 0.261 e. The van der Waals surface area contributed by atoms with E-state index in [1.807, 2.05) is 26.0 Å². The van der Waals surface area contributed by atoms with Crippen molar-refractivity contribution in [1.82, 2.24) is 10.2 Å². The molecule has 3 rings (SSSR count). The van der Waals surface area contributed by atoms with E-state index in [4.69, 9.17) is 0 Å².